The van der Waals surface area contributed by atoms with E-state index in [9.17, 15) is 13.6 Å². The Bertz CT molecular complexity index is 413. The normalized spacial score (nSPS) is 12.2. The monoisotopic (exact) mass is 258 g/mol. The average molecular weight is 258 g/mol. The number of halogens is 2. The van der Waals surface area contributed by atoms with Crippen molar-refractivity contribution in [1.82, 2.24) is 0 Å². The van der Waals surface area contributed by atoms with E-state index in [-0.39, 0.29) is 5.69 Å². The molecule has 1 aromatic carbocycles. The number of hydrogen-bond donors (Lipinski definition) is 2. The first kappa shape index (κ1) is 14.5. The summed E-state index contributed by atoms with van der Waals surface area (Å²) in [5.74, 6) is -2.03. The Morgan fingerprint density at radius 1 is 1.50 bits per heavy atom. The summed E-state index contributed by atoms with van der Waals surface area (Å²) in [5, 5.41) is 2.32. The summed E-state index contributed by atoms with van der Waals surface area (Å²) < 4.78 is 30.8. The van der Waals surface area contributed by atoms with Crippen molar-refractivity contribution in [2.75, 3.05) is 19.0 Å². The van der Waals surface area contributed by atoms with Crippen LogP contribution in [0.2, 0.25) is 0 Å². The molecule has 0 aromatic heterocycles. The molecule has 0 heterocycles. The average Bonchev–Trinajstić information content (AvgIpc) is 2.32. The molecule has 0 radical (unpaired) electrons. The van der Waals surface area contributed by atoms with Crippen LogP contribution in [0.4, 0.5) is 14.5 Å². The third-order valence-corrected chi connectivity index (χ3v) is 2.39. The predicted octanol–water partition coefficient (Wildman–Crippen LogP) is 1.66. The number of benzene rings is 1. The van der Waals surface area contributed by atoms with Crippen LogP contribution in [-0.4, -0.2) is 25.7 Å². The zero-order valence-electron chi connectivity index (χ0n) is 10.1. The maximum Gasteiger partial charge on any atom is 0.241 e. The van der Waals surface area contributed by atoms with Crippen molar-refractivity contribution < 1.29 is 18.3 Å². The largest absolute Gasteiger partial charge is 0.385 e. The Labute approximate surface area is 104 Å². The van der Waals surface area contributed by atoms with E-state index in [1.54, 1.807) is 7.11 Å². The highest BCUT2D eigenvalue weighted by Crippen LogP contribution is 2.15. The minimum atomic E-state index is -0.826. The first-order chi connectivity index (χ1) is 8.54. The Hall–Kier alpha value is -1.53. The summed E-state index contributed by atoms with van der Waals surface area (Å²) in [6.07, 6.45) is 1.07. The van der Waals surface area contributed by atoms with E-state index in [0.717, 1.165) is 12.1 Å². The number of methoxy groups -OCH3 is 1. The van der Waals surface area contributed by atoms with Crippen LogP contribution in [0.3, 0.4) is 0 Å². The molecule has 0 spiro atoms. The standard InChI is InChI=1S/C12H16F2N2O2/c1-18-6-2-3-10(15)12(17)16-11-5-4-8(13)7-9(11)14/h4-5,7,10H,2-3,6,15H2,1H3,(H,16,17). The lowest BCUT2D eigenvalue weighted by Crippen LogP contribution is -2.36. The summed E-state index contributed by atoms with van der Waals surface area (Å²) in [6, 6.07) is 2.18. The molecule has 0 fully saturated rings. The summed E-state index contributed by atoms with van der Waals surface area (Å²) in [4.78, 5) is 11.6. The first-order valence-electron chi connectivity index (χ1n) is 5.55. The van der Waals surface area contributed by atoms with Crippen molar-refractivity contribution in [3.05, 3.63) is 29.8 Å². The van der Waals surface area contributed by atoms with Gasteiger partial charge in [-0.2, -0.15) is 0 Å². The van der Waals surface area contributed by atoms with Crippen LogP contribution in [-0.2, 0) is 9.53 Å². The van der Waals surface area contributed by atoms with Gasteiger partial charge in [-0.1, -0.05) is 0 Å². The van der Waals surface area contributed by atoms with E-state index in [0.29, 0.717) is 25.5 Å². The third-order valence-electron chi connectivity index (χ3n) is 2.39. The fraction of sp³-hybridized carbons (Fsp3) is 0.417. The van der Waals surface area contributed by atoms with Gasteiger partial charge in [0.1, 0.15) is 11.6 Å². The van der Waals surface area contributed by atoms with Crippen LogP contribution in [0, 0.1) is 11.6 Å². The van der Waals surface area contributed by atoms with Gasteiger partial charge in [0.25, 0.3) is 0 Å². The minimum absolute atomic E-state index is 0.0800. The number of rotatable bonds is 6. The van der Waals surface area contributed by atoms with Gasteiger partial charge in [0, 0.05) is 19.8 Å². The summed E-state index contributed by atoms with van der Waals surface area (Å²) >= 11 is 0. The van der Waals surface area contributed by atoms with Gasteiger partial charge >= 0.3 is 0 Å². The van der Waals surface area contributed by atoms with Crippen molar-refractivity contribution in [2.24, 2.45) is 5.73 Å². The van der Waals surface area contributed by atoms with Gasteiger partial charge in [0.05, 0.1) is 11.7 Å². The number of amides is 1. The molecule has 100 valence electrons. The molecule has 0 aliphatic carbocycles. The molecule has 0 aliphatic heterocycles. The summed E-state index contributed by atoms with van der Waals surface area (Å²) in [6.45, 7) is 0.506. The third kappa shape index (κ3) is 4.38. The number of carbonyl (C=O) groups is 1. The van der Waals surface area contributed by atoms with E-state index in [1.807, 2.05) is 0 Å². The Morgan fingerprint density at radius 3 is 2.83 bits per heavy atom. The van der Waals surface area contributed by atoms with E-state index < -0.39 is 23.6 Å². The van der Waals surface area contributed by atoms with Crippen molar-refractivity contribution in [3.63, 3.8) is 0 Å². The number of hydrogen-bond acceptors (Lipinski definition) is 3. The minimum Gasteiger partial charge on any atom is -0.385 e. The molecular weight excluding hydrogens is 242 g/mol. The van der Waals surface area contributed by atoms with Crippen molar-refractivity contribution in [2.45, 2.75) is 18.9 Å². The second-order valence-electron chi connectivity index (χ2n) is 3.85. The highest BCUT2D eigenvalue weighted by Gasteiger charge is 2.15. The van der Waals surface area contributed by atoms with Gasteiger partial charge < -0.3 is 15.8 Å². The van der Waals surface area contributed by atoms with E-state index in [2.05, 4.69) is 5.32 Å². The lowest BCUT2D eigenvalue weighted by molar-refractivity contribution is -0.117. The maximum atomic E-state index is 13.3. The molecule has 18 heavy (non-hydrogen) atoms. The Balaban J connectivity index is 2.53. The second-order valence-corrected chi connectivity index (χ2v) is 3.85. The molecule has 0 saturated heterocycles. The first-order valence-corrected chi connectivity index (χ1v) is 5.55. The van der Waals surface area contributed by atoms with Crippen LogP contribution >= 0.6 is 0 Å². The lowest BCUT2D eigenvalue weighted by Gasteiger charge is -2.12. The zero-order chi connectivity index (χ0) is 13.5. The molecule has 1 rings (SSSR count). The quantitative estimate of drug-likeness (QED) is 0.763. The molecule has 1 aromatic rings. The van der Waals surface area contributed by atoms with Crippen LogP contribution in [0.15, 0.2) is 18.2 Å². The van der Waals surface area contributed by atoms with Gasteiger partial charge in [0.2, 0.25) is 5.91 Å². The molecule has 1 atom stereocenters. The fourth-order valence-corrected chi connectivity index (χ4v) is 1.39. The van der Waals surface area contributed by atoms with E-state index >= 15 is 0 Å². The highest BCUT2D eigenvalue weighted by molar-refractivity contribution is 5.94. The zero-order valence-corrected chi connectivity index (χ0v) is 10.1. The van der Waals surface area contributed by atoms with Crippen LogP contribution < -0.4 is 11.1 Å². The van der Waals surface area contributed by atoms with E-state index in [4.69, 9.17) is 10.5 Å². The van der Waals surface area contributed by atoms with Gasteiger partial charge in [-0.3, -0.25) is 4.79 Å². The van der Waals surface area contributed by atoms with Crippen LogP contribution in [0.25, 0.3) is 0 Å². The molecule has 1 amide bonds. The molecule has 0 bridgehead atoms. The summed E-state index contributed by atoms with van der Waals surface area (Å²) in [5.41, 5.74) is 5.54. The van der Waals surface area contributed by atoms with Crippen molar-refractivity contribution in [1.29, 1.82) is 0 Å². The second kappa shape index (κ2) is 7.03. The van der Waals surface area contributed by atoms with E-state index in [1.165, 1.54) is 0 Å². The van der Waals surface area contributed by atoms with Crippen LogP contribution in [0.1, 0.15) is 12.8 Å². The van der Waals surface area contributed by atoms with Gasteiger partial charge in [-0.15, -0.1) is 0 Å². The van der Waals surface area contributed by atoms with Crippen LogP contribution in [0.5, 0.6) is 0 Å². The maximum absolute atomic E-state index is 13.3. The number of carbonyl (C=O) groups excluding carboxylic acids is 1. The number of anilines is 1. The SMILES string of the molecule is COCCCC(N)C(=O)Nc1ccc(F)cc1F. The number of nitrogens with two attached hydrogens (primary N) is 1. The molecule has 4 nitrogen and oxygen atoms in total. The van der Waals surface area contributed by atoms with Gasteiger partial charge in [-0.05, 0) is 25.0 Å². The molecule has 1 unspecified atom stereocenters. The molecule has 6 heteroatoms. The Morgan fingerprint density at radius 2 is 2.22 bits per heavy atom. The lowest BCUT2D eigenvalue weighted by atomic mass is 10.1. The number of nitrogens with one attached hydrogen (secondary N) is 1. The number of ether oxygens (including phenoxy) is 1. The molecule has 0 saturated carbocycles. The van der Waals surface area contributed by atoms with Gasteiger partial charge in [0.15, 0.2) is 0 Å². The molecule has 3 N–H and O–H groups in total. The van der Waals surface area contributed by atoms with Gasteiger partial charge in [-0.25, -0.2) is 8.78 Å². The van der Waals surface area contributed by atoms with Crippen molar-refractivity contribution >= 4 is 11.6 Å². The smallest absolute Gasteiger partial charge is 0.241 e. The highest BCUT2D eigenvalue weighted by atomic mass is 19.1. The Kier molecular flexibility index (Phi) is 5.67. The molecular formula is C12H16F2N2O2. The fourth-order valence-electron chi connectivity index (χ4n) is 1.39. The molecule has 0 aliphatic rings. The topological polar surface area (TPSA) is 64.3 Å². The summed E-state index contributed by atoms with van der Waals surface area (Å²) in [7, 11) is 1.56. The predicted molar refractivity (Wildman–Crippen MR) is 64.1 cm³/mol. The van der Waals surface area contributed by atoms with Crippen molar-refractivity contribution in [3.8, 4) is 0 Å².